The lowest BCUT2D eigenvalue weighted by Crippen LogP contribution is -2.40. The summed E-state index contributed by atoms with van der Waals surface area (Å²) in [4.78, 5) is 55.0. The summed E-state index contributed by atoms with van der Waals surface area (Å²) in [5, 5.41) is 2.62. The Kier molecular flexibility index (Phi) is 6.27. The molecule has 1 amide bonds. The van der Waals surface area contributed by atoms with Gasteiger partial charge in [0.15, 0.2) is 11.2 Å². The largest absolute Gasteiger partial charge is 0.333 e. The molecule has 2 aliphatic carbocycles. The Labute approximate surface area is 229 Å². The number of Topliss-reactive ketones (excluding diaryl/α,β-unsaturated/α-hetero) is 1. The average molecular weight is 565 g/mol. The van der Waals surface area contributed by atoms with Crippen LogP contribution in [-0.4, -0.2) is 56.7 Å². The van der Waals surface area contributed by atoms with Crippen molar-refractivity contribution in [3.05, 3.63) is 50.2 Å². The molecule has 2 fully saturated rings. The maximum absolute atomic E-state index is 13.0. The molecule has 40 heavy (non-hydrogen) atoms. The maximum Gasteiger partial charge on any atom is 0.333 e. The van der Waals surface area contributed by atoms with Crippen molar-refractivity contribution in [2.75, 3.05) is 18.9 Å². The smallest absolute Gasteiger partial charge is 0.326 e. The van der Waals surface area contributed by atoms with Crippen LogP contribution in [0.2, 0.25) is 0 Å². The molecule has 3 aliphatic rings. The number of aromatic nitrogens is 4. The Balaban J connectivity index is 1.37. The van der Waals surface area contributed by atoms with Crippen molar-refractivity contribution in [2.45, 2.75) is 50.4 Å². The highest BCUT2D eigenvalue weighted by molar-refractivity contribution is 7.89. The van der Waals surface area contributed by atoms with Gasteiger partial charge in [0.05, 0.1) is 6.54 Å². The van der Waals surface area contributed by atoms with Gasteiger partial charge in [-0.15, -0.1) is 0 Å². The van der Waals surface area contributed by atoms with Crippen molar-refractivity contribution in [3.8, 4) is 11.8 Å². The maximum atomic E-state index is 13.0. The number of anilines is 1. The topological polar surface area (TPSA) is 145 Å². The highest BCUT2D eigenvalue weighted by atomic mass is 32.2. The van der Waals surface area contributed by atoms with Crippen LogP contribution in [0.25, 0.3) is 11.2 Å². The molecule has 12 nitrogen and oxygen atoms in total. The monoisotopic (exact) mass is 564 g/mol. The van der Waals surface area contributed by atoms with E-state index in [1.54, 1.807) is 18.2 Å². The first-order valence-electron chi connectivity index (χ1n) is 13.2. The van der Waals surface area contributed by atoms with Gasteiger partial charge >= 0.3 is 5.69 Å². The lowest BCUT2D eigenvalue weighted by Gasteiger charge is -2.23. The van der Waals surface area contributed by atoms with Crippen LogP contribution in [-0.2, 0) is 46.2 Å². The predicted molar refractivity (Wildman–Crippen MR) is 145 cm³/mol. The number of carbonyl (C=O) groups excluding carboxylic acids is 2. The van der Waals surface area contributed by atoms with E-state index in [0.29, 0.717) is 11.3 Å². The minimum atomic E-state index is -3.91. The van der Waals surface area contributed by atoms with Crippen LogP contribution in [0, 0.1) is 23.7 Å². The second-order valence-corrected chi connectivity index (χ2v) is 12.6. The number of nitrogens with one attached hydrogen (secondary N) is 1. The van der Waals surface area contributed by atoms with Crippen LogP contribution >= 0.6 is 0 Å². The minimum absolute atomic E-state index is 0.00892. The van der Waals surface area contributed by atoms with Gasteiger partial charge in [0.1, 0.15) is 5.78 Å². The van der Waals surface area contributed by atoms with Gasteiger partial charge in [-0.2, -0.15) is 9.29 Å². The number of benzene rings is 1. The number of ketones is 1. The van der Waals surface area contributed by atoms with Gasteiger partial charge in [0, 0.05) is 56.7 Å². The van der Waals surface area contributed by atoms with E-state index < -0.39 is 21.3 Å². The highest BCUT2D eigenvalue weighted by Crippen LogP contribution is 2.32. The molecule has 0 spiro atoms. The summed E-state index contributed by atoms with van der Waals surface area (Å²) in [5.74, 6) is 6.14. The number of fused-ring (bicyclic) bond motifs is 3. The molecule has 1 aromatic carbocycles. The van der Waals surface area contributed by atoms with Crippen molar-refractivity contribution < 1.29 is 18.0 Å². The molecule has 0 unspecified atom stereocenters. The number of likely N-dealkylation sites (N-methyl/N-ethyl adjacent to an activating group) is 1. The fourth-order valence-corrected chi connectivity index (χ4v) is 6.15. The zero-order valence-corrected chi connectivity index (χ0v) is 23.0. The van der Waals surface area contributed by atoms with E-state index in [1.165, 1.54) is 23.2 Å². The second-order valence-electron chi connectivity index (χ2n) is 10.7. The van der Waals surface area contributed by atoms with Crippen LogP contribution in [0.4, 0.5) is 5.69 Å². The number of imidazole rings is 1. The first-order valence-corrected chi connectivity index (χ1v) is 14.6. The number of rotatable bonds is 6. The van der Waals surface area contributed by atoms with Gasteiger partial charge in [-0.1, -0.05) is 11.8 Å². The standard InChI is InChI=1S/C27H28N6O6S/c1-30-10-11-32-22-23(29-26(32)40(30,38)39)33(27(37)31(2)25(22)36)9-3-4-16-12-17(15-21(34)18-5-6-18)14-20(13-16)28-24(35)19-7-8-19/h12-14,18-19H,5-11,15H2,1-2H3,(H,28,35). The van der Waals surface area contributed by atoms with E-state index in [9.17, 15) is 27.6 Å². The van der Waals surface area contributed by atoms with Crippen LogP contribution in [0.15, 0.2) is 32.9 Å². The molecule has 6 rings (SSSR count). The first-order chi connectivity index (χ1) is 19.0. The first kappa shape index (κ1) is 26.2. The Bertz CT molecular complexity index is 1840. The Morgan fingerprint density at radius 3 is 2.48 bits per heavy atom. The Morgan fingerprint density at radius 1 is 1.05 bits per heavy atom. The van der Waals surface area contributed by atoms with Crippen LogP contribution in [0.5, 0.6) is 0 Å². The molecule has 208 valence electrons. The fourth-order valence-electron chi connectivity index (χ4n) is 4.88. The van der Waals surface area contributed by atoms with Crippen LogP contribution < -0.4 is 16.6 Å². The van der Waals surface area contributed by atoms with Crippen molar-refractivity contribution in [1.82, 2.24) is 23.0 Å². The lowest BCUT2D eigenvalue weighted by atomic mass is 10.0. The number of hydrogen-bond donors (Lipinski definition) is 1. The summed E-state index contributed by atoms with van der Waals surface area (Å²) in [6, 6.07) is 5.30. The molecule has 1 N–H and O–H groups in total. The van der Waals surface area contributed by atoms with Gasteiger partial charge in [-0.05, 0) is 49.4 Å². The molecule has 13 heteroatoms. The number of amides is 1. The van der Waals surface area contributed by atoms with E-state index in [1.807, 2.05) is 0 Å². The van der Waals surface area contributed by atoms with Crippen molar-refractivity contribution in [1.29, 1.82) is 0 Å². The minimum Gasteiger partial charge on any atom is -0.326 e. The van der Waals surface area contributed by atoms with E-state index >= 15 is 0 Å². The zero-order valence-electron chi connectivity index (χ0n) is 22.1. The summed E-state index contributed by atoms with van der Waals surface area (Å²) in [5.41, 5.74) is 0.530. The summed E-state index contributed by atoms with van der Waals surface area (Å²) >= 11 is 0. The van der Waals surface area contributed by atoms with Gasteiger partial charge in [0.25, 0.3) is 15.6 Å². The second kappa shape index (κ2) is 9.57. The normalized spacial score (nSPS) is 18.1. The van der Waals surface area contributed by atoms with Crippen molar-refractivity contribution in [3.63, 3.8) is 0 Å². The quantitative estimate of drug-likeness (QED) is 0.428. The highest BCUT2D eigenvalue weighted by Gasteiger charge is 2.35. The predicted octanol–water partition coefficient (Wildman–Crippen LogP) is 0.453. The van der Waals surface area contributed by atoms with Crippen molar-refractivity contribution >= 4 is 38.6 Å². The molecule has 2 aromatic heterocycles. The number of carbonyl (C=O) groups is 2. The molecular weight excluding hydrogens is 536 g/mol. The SMILES string of the molecule is CN1CCn2c(nc3c2c(=O)n(C)c(=O)n3CC#Cc2cc(CC(=O)C3CC3)cc(NC(=O)C3CC3)c2)S1(=O)=O. The van der Waals surface area contributed by atoms with Crippen molar-refractivity contribution in [2.24, 2.45) is 18.9 Å². The molecule has 1 aliphatic heterocycles. The number of hydrogen-bond acceptors (Lipinski definition) is 7. The lowest BCUT2D eigenvalue weighted by molar-refractivity contribution is -0.119. The van der Waals surface area contributed by atoms with Crippen LogP contribution in [0.3, 0.4) is 0 Å². The molecule has 0 bridgehead atoms. The van der Waals surface area contributed by atoms with Gasteiger partial charge < -0.3 is 9.88 Å². The van der Waals surface area contributed by atoms with E-state index in [4.69, 9.17) is 0 Å². The van der Waals surface area contributed by atoms with Gasteiger partial charge in [0.2, 0.25) is 11.1 Å². The summed E-state index contributed by atoms with van der Waals surface area (Å²) in [6.45, 7) is 0.231. The number of sulfonamides is 1. The molecule has 3 aromatic rings. The summed E-state index contributed by atoms with van der Waals surface area (Å²) < 4.78 is 30.3. The third kappa shape index (κ3) is 4.67. The molecule has 0 saturated heterocycles. The van der Waals surface area contributed by atoms with E-state index in [2.05, 4.69) is 22.1 Å². The fraction of sp³-hybridized carbons (Fsp3) is 0.444. The third-order valence-electron chi connectivity index (χ3n) is 7.56. The Morgan fingerprint density at radius 2 is 1.77 bits per heavy atom. The third-order valence-corrected chi connectivity index (χ3v) is 9.34. The summed E-state index contributed by atoms with van der Waals surface area (Å²) in [7, 11) is -1.16. The molecule has 3 heterocycles. The van der Waals surface area contributed by atoms with Gasteiger partial charge in [-0.25, -0.2) is 13.2 Å². The number of nitrogens with zero attached hydrogens (tertiary/aromatic N) is 5. The molecule has 2 saturated carbocycles. The molecule has 0 radical (unpaired) electrons. The Hall–Kier alpha value is -4.02. The zero-order chi connectivity index (χ0) is 28.3. The molecular formula is C27H28N6O6S. The average Bonchev–Trinajstić information content (AvgIpc) is 3.83. The van der Waals surface area contributed by atoms with E-state index in [0.717, 1.165) is 40.1 Å². The van der Waals surface area contributed by atoms with E-state index in [-0.39, 0.29) is 65.9 Å². The summed E-state index contributed by atoms with van der Waals surface area (Å²) in [6.07, 6.45) is 3.77. The van der Waals surface area contributed by atoms with Crippen LogP contribution in [0.1, 0.15) is 36.8 Å². The van der Waals surface area contributed by atoms with Gasteiger partial charge in [-0.3, -0.25) is 23.5 Å². The molecule has 0 atom stereocenters.